The van der Waals surface area contributed by atoms with Gasteiger partial charge in [0.1, 0.15) is 0 Å². The molecule has 1 atom stereocenters. The molecular weight excluding hydrogens is 290 g/mol. The minimum atomic E-state index is -0.675. The Morgan fingerprint density at radius 2 is 2.09 bits per heavy atom. The van der Waals surface area contributed by atoms with Crippen molar-refractivity contribution in [2.45, 2.75) is 62.6 Å². The third kappa shape index (κ3) is 3.29. The SMILES string of the molecule is O=C(O)C1CC2(CC(NCc3cccc(C4CC4)c3)CCO2)C1. The summed E-state index contributed by atoms with van der Waals surface area (Å²) >= 11 is 0. The molecule has 1 saturated heterocycles. The lowest BCUT2D eigenvalue weighted by molar-refractivity contribution is -0.181. The third-order valence-electron chi connectivity index (χ3n) is 5.67. The van der Waals surface area contributed by atoms with Crippen LogP contribution in [0.5, 0.6) is 0 Å². The molecule has 3 fully saturated rings. The number of carboxylic acids is 1. The van der Waals surface area contributed by atoms with Crippen LogP contribution in [0.2, 0.25) is 0 Å². The lowest BCUT2D eigenvalue weighted by Gasteiger charge is -2.50. The van der Waals surface area contributed by atoms with Crippen LogP contribution in [0.15, 0.2) is 24.3 Å². The van der Waals surface area contributed by atoms with E-state index in [1.807, 2.05) is 0 Å². The van der Waals surface area contributed by atoms with Gasteiger partial charge in [-0.1, -0.05) is 24.3 Å². The van der Waals surface area contributed by atoms with Gasteiger partial charge in [-0.15, -0.1) is 0 Å². The van der Waals surface area contributed by atoms with Crippen LogP contribution >= 0.6 is 0 Å². The van der Waals surface area contributed by atoms with E-state index in [1.54, 1.807) is 0 Å². The third-order valence-corrected chi connectivity index (χ3v) is 5.67. The Balaban J connectivity index is 1.31. The maximum atomic E-state index is 11.0. The topological polar surface area (TPSA) is 58.6 Å². The number of nitrogens with one attached hydrogen (secondary N) is 1. The van der Waals surface area contributed by atoms with Crippen molar-refractivity contribution in [3.05, 3.63) is 35.4 Å². The average molecular weight is 315 g/mol. The summed E-state index contributed by atoms with van der Waals surface area (Å²) in [5.41, 5.74) is 2.66. The second-order valence-electron chi connectivity index (χ2n) is 7.56. The minimum absolute atomic E-state index is 0.172. The maximum Gasteiger partial charge on any atom is 0.306 e. The summed E-state index contributed by atoms with van der Waals surface area (Å²) in [6.45, 7) is 1.63. The van der Waals surface area contributed by atoms with E-state index in [1.165, 1.54) is 24.0 Å². The Labute approximate surface area is 137 Å². The van der Waals surface area contributed by atoms with Gasteiger partial charge in [0.25, 0.3) is 0 Å². The second kappa shape index (κ2) is 5.91. The lowest BCUT2D eigenvalue weighted by Crippen LogP contribution is -2.55. The lowest BCUT2D eigenvalue weighted by atomic mass is 9.66. The summed E-state index contributed by atoms with van der Waals surface area (Å²) in [4.78, 5) is 11.0. The molecule has 4 nitrogen and oxygen atoms in total. The van der Waals surface area contributed by atoms with E-state index in [-0.39, 0.29) is 11.5 Å². The molecule has 4 rings (SSSR count). The van der Waals surface area contributed by atoms with Crippen LogP contribution in [0.1, 0.15) is 55.6 Å². The number of benzene rings is 1. The fraction of sp³-hybridized carbons (Fsp3) is 0.632. The number of carbonyl (C=O) groups is 1. The summed E-state index contributed by atoms with van der Waals surface area (Å²) in [6.07, 6.45) is 5.99. The number of ether oxygens (including phenoxy) is 1. The predicted octanol–water partition coefficient (Wildman–Crippen LogP) is 3.07. The van der Waals surface area contributed by atoms with Crippen molar-refractivity contribution < 1.29 is 14.6 Å². The highest BCUT2D eigenvalue weighted by molar-refractivity contribution is 5.71. The first kappa shape index (κ1) is 15.2. The fourth-order valence-electron chi connectivity index (χ4n) is 4.14. The van der Waals surface area contributed by atoms with Gasteiger partial charge in [0, 0.05) is 19.2 Å². The summed E-state index contributed by atoms with van der Waals surface area (Å²) in [5.74, 6) is -0.0839. The molecule has 1 aromatic rings. The fourth-order valence-corrected chi connectivity index (χ4v) is 4.14. The van der Waals surface area contributed by atoms with Gasteiger partial charge in [0.05, 0.1) is 11.5 Å². The largest absolute Gasteiger partial charge is 0.481 e. The molecule has 0 aromatic heterocycles. The quantitative estimate of drug-likeness (QED) is 0.877. The number of rotatable bonds is 5. The Kier molecular flexibility index (Phi) is 3.90. The number of aliphatic carboxylic acids is 1. The molecule has 4 heteroatoms. The van der Waals surface area contributed by atoms with Crippen LogP contribution in [0, 0.1) is 5.92 Å². The highest BCUT2D eigenvalue weighted by Gasteiger charge is 2.51. The molecule has 1 heterocycles. The van der Waals surface area contributed by atoms with E-state index in [0.29, 0.717) is 18.9 Å². The molecule has 1 spiro atoms. The van der Waals surface area contributed by atoms with Crippen molar-refractivity contribution >= 4 is 5.97 Å². The van der Waals surface area contributed by atoms with E-state index in [0.717, 1.165) is 31.9 Å². The molecule has 0 bridgehead atoms. The first-order chi connectivity index (χ1) is 11.1. The van der Waals surface area contributed by atoms with Crippen molar-refractivity contribution in [2.24, 2.45) is 5.92 Å². The Hall–Kier alpha value is -1.39. The van der Waals surface area contributed by atoms with Gasteiger partial charge < -0.3 is 15.2 Å². The van der Waals surface area contributed by atoms with E-state index in [9.17, 15) is 4.79 Å². The molecule has 2 aliphatic carbocycles. The van der Waals surface area contributed by atoms with Gasteiger partial charge in [0.15, 0.2) is 0 Å². The van der Waals surface area contributed by atoms with E-state index >= 15 is 0 Å². The maximum absolute atomic E-state index is 11.0. The molecule has 3 aliphatic rings. The first-order valence-electron chi connectivity index (χ1n) is 8.83. The normalized spacial score (nSPS) is 33.4. The predicted molar refractivity (Wildman–Crippen MR) is 87.3 cm³/mol. The number of carboxylic acid groups (broad SMARTS) is 1. The monoisotopic (exact) mass is 315 g/mol. The number of hydrogen-bond donors (Lipinski definition) is 2. The highest BCUT2D eigenvalue weighted by Crippen LogP contribution is 2.46. The van der Waals surface area contributed by atoms with Crippen LogP contribution in [0.4, 0.5) is 0 Å². The highest BCUT2D eigenvalue weighted by atomic mass is 16.5. The minimum Gasteiger partial charge on any atom is -0.481 e. The summed E-state index contributed by atoms with van der Waals surface area (Å²) in [6, 6.07) is 9.37. The molecule has 0 radical (unpaired) electrons. The van der Waals surface area contributed by atoms with Crippen molar-refractivity contribution in [3.8, 4) is 0 Å². The molecule has 1 aliphatic heterocycles. The van der Waals surface area contributed by atoms with E-state index in [2.05, 4.69) is 29.6 Å². The van der Waals surface area contributed by atoms with Crippen LogP contribution in [0.25, 0.3) is 0 Å². The second-order valence-corrected chi connectivity index (χ2v) is 7.56. The van der Waals surface area contributed by atoms with Gasteiger partial charge in [0.2, 0.25) is 0 Å². The Morgan fingerprint density at radius 3 is 2.83 bits per heavy atom. The molecule has 23 heavy (non-hydrogen) atoms. The van der Waals surface area contributed by atoms with Crippen LogP contribution in [0.3, 0.4) is 0 Å². The molecular formula is C19H25NO3. The summed E-state index contributed by atoms with van der Waals surface area (Å²) in [7, 11) is 0. The summed E-state index contributed by atoms with van der Waals surface area (Å²) in [5, 5.41) is 12.7. The first-order valence-corrected chi connectivity index (χ1v) is 8.83. The molecule has 2 N–H and O–H groups in total. The van der Waals surface area contributed by atoms with Crippen molar-refractivity contribution in [2.75, 3.05) is 6.61 Å². The van der Waals surface area contributed by atoms with Crippen LogP contribution in [-0.2, 0) is 16.1 Å². The van der Waals surface area contributed by atoms with Crippen molar-refractivity contribution in [1.29, 1.82) is 0 Å². The van der Waals surface area contributed by atoms with Gasteiger partial charge in [-0.3, -0.25) is 4.79 Å². The standard InChI is InChI=1S/C19H25NO3/c21-18(22)16-9-19(10-16)11-17(6-7-23-19)20-12-13-2-1-3-15(8-13)14-4-5-14/h1-3,8,14,16-17,20H,4-7,9-12H2,(H,21,22). The zero-order valence-electron chi connectivity index (χ0n) is 13.5. The smallest absolute Gasteiger partial charge is 0.306 e. The Bertz CT molecular complexity index is 590. The van der Waals surface area contributed by atoms with Crippen LogP contribution < -0.4 is 5.32 Å². The number of hydrogen-bond acceptors (Lipinski definition) is 3. The summed E-state index contributed by atoms with van der Waals surface area (Å²) < 4.78 is 5.92. The van der Waals surface area contributed by atoms with Gasteiger partial charge in [-0.05, 0) is 55.6 Å². The van der Waals surface area contributed by atoms with E-state index in [4.69, 9.17) is 9.84 Å². The van der Waals surface area contributed by atoms with Gasteiger partial charge in [-0.2, -0.15) is 0 Å². The average Bonchev–Trinajstić information content (AvgIpc) is 3.36. The molecule has 124 valence electrons. The zero-order valence-corrected chi connectivity index (χ0v) is 13.5. The molecule has 1 aromatic carbocycles. The van der Waals surface area contributed by atoms with Crippen molar-refractivity contribution in [3.63, 3.8) is 0 Å². The van der Waals surface area contributed by atoms with Crippen molar-refractivity contribution in [1.82, 2.24) is 5.32 Å². The molecule has 1 unspecified atom stereocenters. The zero-order chi connectivity index (χ0) is 15.9. The molecule has 2 saturated carbocycles. The van der Waals surface area contributed by atoms with E-state index < -0.39 is 5.97 Å². The van der Waals surface area contributed by atoms with Gasteiger partial charge in [-0.25, -0.2) is 0 Å². The van der Waals surface area contributed by atoms with Crippen LogP contribution in [-0.4, -0.2) is 29.3 Å². The van der Waals surface area contributed by atoms with Gasteiger partial charge >= 0.3 is 5.97 Å². The Morgan fingerprint density at radius 1 is 1.26 bits per heavy atom. The molecule has 0 amide bonds.